The van der Waals surface area contributed by atoms with Gasteiger partial charge >= 0.3 is 0 Å². The SMILES string of the molecule is COc1cc(N(C)c2cccc(CN)c2)nc(C)n1. The van der Waals surface area contributed by atoms with Crippen molar-refractivity contribution in [2.45, 2.75) is 13.5 Å². The Morgan fingerprint density at radius 3 is 2.74 bits per heavy atom. The zero-order valence-electron chi connectivity index (χ0n) is 11.4. The van der Waals surface area contributed by atoms with Crippen molar-refractivity contribution in [3.05, 3.63) is 41.7 Å². The van der Waals surface area contributed by atoms with Crippen molar-refractivity contribution in [3.8, 4) is 5.88 Å². The van der Waals surface area contributed by atoms with Crippen LogP contribution in [0.25, 0.3) is 0 Å². The lowest BCUT2D eigenvalue weighted by atomic mass is 10.2. The molecule has 1 aromatic carbocycles. The average molecular weight is 258 g/mol. The van der Waals surface area contributed by atoms with Crippen LogP contribution in [0.3, 0.4) is 0 Å². The maximum Gasteiger partial charge on any atom is 0.218 e. The highest BCUT2D eigenvalue weighted by Gasteiger charge is 2.09. The summed E-state index contributed by atoms with van der Waals surface area (Å²) < 4.78 is 5.17. The smallest absolute Gasteiger partial charge is 0.218 e. The number of aromatic nitrogens is 2. The van der Waals surface area contributed by atoms with E-state index in [1.165, 1.54) is 0 Å². The molecular formula is C14H18N4O. The summed E-state index contributed by atoms with van der Waals surface area (Å²) in [5.41, 5.74) is 7.78. The normalized spacial score (nSPS) is 10.3. The van der Waals surface area contributed by atoms with Gasteiger partial charge in [0.05, 0.1) is 7.11 Å². The molecule has 0 saturated carbocycles. The van der Waals surface area contributed by atoms with E-state index < -0.39 is 0 Å². The third-order valence-electron chi connectivity index (χ3n) is 2.89. The highest BCUT2D eigenvalue weighted by atomic mass is 16.5. The molecule has 2 aromatic rings. The molecule has 0 fully saturated rings. The number of anilines is 2. The number of hydrogen-bond donors (Lipinski definition) is 1. The predicted octanol–water partition coefficient (Wildman–Crippen LogP) is 2.02. The first-order chi connectivity index (χ1) is 9.13. The maximum absolute atomic E-state index is 5.66. The van der Waals surface area contributed by atoms with E-state index in [9.17, 15) is 0 Å². The second-order valence-corrected chi connectivity index (χ2v) is 4.25. The van der Waals surface area contributed by atoms with Crippen LogP contribution in [0.5, 0.6) is 5.88 Å². The molecule has 0 aliphatic carbocycles. The summed E-state index contributed by atoms with van der Waals surface area (Å²) in [5.74, 6) is 2.03. The minimum absolute atomic E-state index is 0.522. The highest BCUT2D eigenvalue weighted by molar-refractivity contribution is 5.60. The molecule has 0 saturated heterocycles. The van der Waals surface area contributed by atoms with Gasteiger partial charge in [0, 0.05) is 25.3 Å². The second kappa shape index (κ2) is 5.67. The molecule has 0 bridgehead atoms. The van der Waals surface area contributed by atoms with Gasteiger partial charge in [0.15, 0.2) is 0 Å². The van der Waals surface area contributed by atoms with Crippen LogP contribution in [0.15, 0.2) is 30.3 Å². The monoisotopic (exact) mass is 258 g/mol. The molecular weight excluding hydrogens is 240 g/mol. The zero-order chi connectivity index (χ0) is 13.8. The fourth-order valence-electron chi connectivity index (χ4n) is 1.83. The van der Waals surface area contributed by atoms with Crippen LogP contribution in [-0.4, -0.2) is 24.1 Å². The molecule has 0 aliphatic heterocycles. The standard InChI is InChI=1S/C14H18N4O/c1-10-16-13(8-14(17-10)19-3)18(2)12-6-4-5-11(7-12)9-15/h4-8H,9,15H2,1-3H3. The minimum atomic E-state index is 0.522. The van der Waals surface area contributed by atoms with Crippen molar-refractivity contribution < 1.29 is 4.74 Å². The number of ether oxygens (including phenoxy) is 1. The van der Waals surface area contributed by atoms with Crippen LogP contribution < -0.4 is 15.4 Å². The van der Waals surface area contributed by atoms with Gasteiger partial charge in [0.25, 0.3) is 0 Å². The van der Waals surface area contributed by atoms with Gasteiger partial charge in [0.1, 0.15) is 11.6 Å². The van der Waals surface area contributed by atoms with Crippen molar-refractivity contribution in [3.63, 3.8) is 0 Å². The van der Waals surface area contributed by atoms with Gasteiger partial charge in [-0.25, -0.2) is 4.98 Å². The van der Waals surface area contributed by atoms with Crippen molar-refractivity contribution in [1.29, 1.82) is 0 Å². The number of methoxy groups -OCH3 is 1. The molecule has 1 heterocycles. The summed E-state index contributed by atoms with van der Waals surface area (Å²) in [5, 5.41) is 0. The van der Waals surface area contributed by atoms with E-state index in [1.807, 2.05) is 49.2 Å². The number of nitrogens with zero attached hydrogens (tertiary/aromatic N) is 3. The Kier molecular flexibility index (Phi) is 3.97. The van der Waals surface area contributed by atoms with Crippen molar-refractivity contribution in [2.24, 2.45) is 5.73 Å². The molecule has 5 nitrogen and oxygen atoms in total. The number of rotatable bonds is 4. The third-order valence-corrected chi connectivity index (χ3v) is 2.89. The molecule has 0 amide bonds. The van der Waals surface area contributed by atoms with E-state index in [2.05, 4.69) is 9.97 Å². The number of aryl methyl sites for hydroxylation is 1. The highest BCUT2D eigenvalue weighted by Crippen LogP contribution is 2.24. The molecule has 0 atom stereocenters. The summed E-state index contributed by atoms with van der Waals surface area (Å²) in [7, 11) is 3.55. The molecule has 0 aliphatic rings. The van der Waals surface area contributed by atoms with E-state index >= 15 is 0 Å². The van der Waals surface area contributed by atoms with Crippen molar-refractivity contribution in [2.75, 3.05) is 19.1 Å². The number of benzene rings is 1. The lowest BCUT2D eigenvalue weighted by molar-refractivity contribution is 0.395. The first-order valence-corrected chi connectivity index (χ1v) is 6.06. The number of hydrogen-bond acceptors (Lipinski definition) is 5. The maximum atomic E-state index is 5.66. The van der Waals surface area contributed by atoms with Crippen LogP contribution in [0.2, 0.25) is 0 Å². The van der Waals surface area contributed by atoms with Crippen LogP contribution in [0.4, 0.5) is 11.5 Å². The summed E-state index contributed by atoms with van der Waals surface area (Å²) >= 11 is 0. The van der Waals surface area contributed by atoms with Crippen LogP contribution in [0.1, 0.15) is 11.4 Å². The Hall–Kier alpha value is -2.14. The fourth-order valence-corrected chi connectivity index (χ4v) is 1.83. The summed E-state index contributed by atoms with van der Waals surface area (Å²) in [6, 6.07) is 9.86. The molecule has 5 heteroatoms. The molecule has 0 unspecified atom stereocenters. The molecule has 2 N–H and O–H groups in total. The largest absolute Gasteiger partial charge is 0.481 e. The van der Waals surface area contributed by atoms with Gasteiger partial charge in [0.2, 0.25) is 5.88 Å². The van der Waals surface area contributed by atoms with E-state index in [4.69, 9.17) is 10.5 Å². The lowest BCUT2D eigenvalue weighted by Gasteiger charge is -2.19. The van der Waals surface area contributed by atoms with E-state index in [0.717, 1.165) is 17.1 Å². The Balaban J connectivity index is 2.37. The topological polar surface area (TPSA) is 64.3 Å². The quantitative estimate of drug-likeness (QED) is 0.909. The Morgan fingerprint density at radius 1 is 1.26 bits per heavy atom. The van der Waals surface area contributed by atoms with E-state index in [0.29, 0.717) is 18.2 Å². The van der Waals surface area contributed by atoms with Crippen molar-refractivity contribution in [1.82, 2.24) is 9.97 Å². The predicted molar refractivity (Wildman–Crippen MR) is 75.7 cm³/mol. The first-order valence-electron chi connectivity index (χ1n) is 6.06. The minimum Gasteiger partial charge on any atom is -0.481 e. The van der Waals surface area contributed by atoms with Gasteiger partial charge in [-0.3, -0.25) is 0 Å². The molecule has 19 heavy (non-hydrogen) atoms. The fraction of sp³-hybridized carbons (Fsp3) is 0.286. The van der Waals surface area contributed by atoms with Gasteiger partial charge in [-0.05, 0) is 24.6 Å². The van der Waals surface area contributed by atoms with Gasteiger partial charge in [-0.2, -0.15) is 4.98 Å². The molecule has 100 valence electrons. The summed E-state index contributed by atoms with van der Waals surface area (Å²) in [6.07, 6.45) is 0. The average Bonchev–Trinajstić information content (AvgIpc) is 2.45. The zero-order valence-corrected chi connectivity index (χ0v) is 11.4. The van der Waals surface area contributed by atoms with Gasteiger partial charge < -0.3 is 15.4 Å². The van der Waals surface area contributed by atoms with Crippen LogP contribution >= 0.6 is 0 Å². The summed E-state index contributed by atoms with van der Waals surface area (Å²) in [4.78, 5) is 10.6. The molecule has 2 rings (SSSR count). The Morgan fingerprint density at radius 2 is 2.05 bits per heavy atom. The lowest BCUT2D eigenvalue weighted by Crippen LogP contribution is -2.13. The molecule has 0 spiro atoms. The van der Waals surface area contributed by atoms with Crippen LogP contribution in [0, 0.1) is 6.92 Å². The van der Waals surface area contributed by atoms with Crippen molar-refractivity contribution >= 4 is 11.5 Å². The molecule has 1 aromatic heterocycles. The van der Waals surface area contributed by atoms with Crippen LogP contribution in [-0.2, 0) is 6.54 Å². The van der Waals surface area contributed by atoms with E-state index in [-0.39, 0.29) is 0 Å². The Labute approximate surface area is 113 Å². The first kappa shape index (κ1) is 13.3. The molecule has 0 radical (unpaired) electrons. The third kappa shape index (κ3) is 3.00. The van der Waals surface area contributed by atoms with Gasteiger partial charge in [-0.1, -0.05) is 12.1 Å². The second-order valence-electron chi connectivity index (χ2n) is 4.25. The van der Waals surface area contributed by atoms with Gasteiger partial charge in [-0.15, -0.1) is 0 Å². The van der Waals surface area contributed by atoms with E-state index in [1.54, 1.807) is 7.11 Å². The Bertz CT molecular complexity index is 571. The number of nitrogens with two attached hydrogens (primary N) is 1. The summed E-state index contributed by atoms with van der Waals surface area (Å²) in [6.45, 7) is 2.37.